The highest BCUT2D eigenvalue weighted by atomic mass is 16.2. The second kappa shape index (κ2) is 6.17. The molecule has 1 saturated heterocycles. The van der Waals surface area contributed by atoms with Crippen molar-refractivity contribution in [2.45, 2.75) is 26.3 Å². The zero-order valence-electron chi connectivity index (χ0n) is 11.7. The monoisotopic (exact) mass is 261 g/mol. The van der Waals surface area contributed by atoms with Gasteiger partial charge in [-0.1, -0.05) is 26.0 Å². The summed E-state index contributed by atoms with van der Waals surface area (Å²) in [6.45, 7) is 6.38. The van der Waals surface area contributed by atoms with Crippen LogP contribution in [0, 0.1) is 5.92 Å². The standard InChI is InChI=1S/C15H23N3O/c1-3-12-5-4-6-13(7-12)17-15(19)10-18-8-11(2)14(16)9-18/h4-7,11,14H,3,8-10,16H2,1-2H3,(H,17,19). The van der Waals surface area contributed by atoms with Crippen LogP contribution in [0.1, 0.15) is 19.4 Å². The number of carbonyl (C=O) groups is 1. The molecule has 3 N–H and O–H groups in total. The van der Waals surface area contributed by atoms with Gasteiger partial charge in [0.1, 0.15) is 0 Å². The lowest BCUT2D eigenvalue weighted by atomic mass is 10.1. The number of rotatable bonds is 4. The van der Waals surface area contributed by atoms with Gasteiger partial charge >= 0.3 is 0 Å². The van der Waals surface area contributed by atoms with Crippen LogP contribution in [0.3, 0.4) is 0 Å². The Morgan fingerprint density at radius 2 is 2.26 bits per heavy atom. The maximum Gasteiger partial charge on any atom is 0.238 e. The number of anilines is 1. The third kappa shape index (κ3) is 3.78. The predicted molar refractivity (Wildman–Crippen MR) is 78.0 cm³/mol. The minimum atomic E-state index is 0.0366. The molecule has 1 amide bonds. The molecule has 1 aromatic rings. The van der Waals surface area contributed by atoms with E-state index in [0.717, 1.165) is 25.2 Å². The first kappa shape index (κ1) is 14.0. The van der Waals surface area contributed by atoms with E-state index >= 15 is 0 Å². The molecule has 0 spiro atoms. The van der Waals surface area contributed by atoms with Crippen molar-refractivity contribution in [3.05, 3.63) is 29.8 Å². The van der Waals surface area contributed by atoms with Gasteiger partial charge in [-0.25, -0.2) is 0 Å². The van der Waals surface area contributed by atoms with Crippen molar-refractivity contribution in [3.8, 4) is 0 Å². The van der Waals surface area contributed by atoms with Gasteiger partial charge in [0.25, 0.3) is 0 Å². The van der Waals surface area contributed by atoms with E-state index in [-0.39, 0.29) is 11.9 Å². The van der Waals surface area contributed by atoms with Crippen molar-refractivity contribution in [3.63, 3.8) is 0 Å². The Kier molecular flexibility index (Phi) is 4.56. The molecule has 1 aliphatic heterocycles. The van der Waals surface area contributed by atoms with E-state index in [1.165, 1.54) is 5.56 Å². The third-order valence-corrected chi connectivity index (χ3v) is 3.73. The molecule has 1 fully saturated rings. The largest absolute Gasteiger partial charge is 0.326 e. The van der Waals surface area contributed by atoms with E-state index in [0.29, 0.717) is 12.5 Å². The van der Waals surface area contributed by atoms with Crippen molar-refractivity contribution >= 4 is 11.6 Å². The van der Waals surface area contributed by atoms with Gasteiger partial charge in [-0.3, -0.25) is 9.69 Å². The van der Waals surface area contributed by atoms with Crippen LogP contribution in [-0.4, -0.2) is 36.5 Å². The van der Waals surface area contributed by atoms with Crippen LogP contribution in [0.25, 0.3) is 0 Å². The van der Waals surface area contributed by atoms with E-state index in [1.807, 2.05) is 18.2 Å². The van der Waals surface area contributed by atoms with Crippen LogP contribution in [0.4, 0.5) is 5.69 Å². The maximum absolute atomic E-state index is 12.0. The minimum Gasteiger partial charge on any atom is -0.326 e. The molecule has 1 aromatic carbocycles. The molecule has 104 valence electrons. The number of aryl methyl sites for hydroxylation is 1. The molecule has 4 nitrogen and oxygen atoms in total. The highest BCUT2D eigenvalue weighted by Gasteiger charge is 2.27. The van der Waals surface area contributed by atoms with Gasteiger partial charge < -0.3 is 11.1 Å². The fourth-order valence-electron chi connectivity index (χ4n) is 2.50. The van der Waals surface area contributed by atoms with Crippen molar-refractivity contribution in [2.24, 2.45) is 11.7 Å². The van der Waals surface area contributed by atoms with Gasteiger partial charge in [0.15, 0.2) is 0 Å². The maximum atomic E-state index is 12.0. The van der Waals surface area contributed by atoms with Crippen LogP contribution in [0.2, 0.25) is 0 Å². The molecule has 0 saturated carbocycles. The molecule has 2 rings (SSSR count). The van der Waals surface area contributed by atoms with Gasteiger partial charge in [0.2, 0.25) is 5.91 Å². The number of hydrogen-bond acceptors (Lipinski definition) is 3. The molecular formula is C15H23N3O. The smallest absolute Gasteiger partial charge is 0.238 e. The fourth-order valence-corrected chi connectivity index (χ4v) is 2.50. The van der Waals surface area contributed by atoms with E-state index < -0.39 is 0 Å². The minimum absolute atomic E-state index is 0.0366. The summed E-state index contributed by atoms with van der Waals surface area (Å²) < 4.78 is 0. The molecular weight excluding hydrogens is 238 g/mol. The van der Waals surface area contributed by atoms with Crippen LogP contribution in [0.5, 0.6) is 0 Å². The number of nitrogens with two attached hydrogens (primary N) is 1. The average Bonchev–Trinajstić information content (AvgIpc) is 2.68. The summed E-state index contributed by atoms with van der Waals surface area (Å²) >= 11 is 0. The molecule has 2 atom stereocenters. The molecule has 0 aromatic heterocycles. The number of carbonyl (C=O) groups excluding carboxylic acids is 1. The first-order valence-electron chi connectivity index (χ1n) is 6.95. The SMILES string of the molecule is CCc1cccc(NC(=O)CN2CC(C)C(N)C2)c1. The number of benzene rings is 1. The lowest BCUT2D eigenvalue weighted by molar-refractivity contribution is -0.117. The number of likely N-dealkylation sites (tertiary alicyclic amines) is 1. The van der Waals surface area contributed by atoms with Gasteiger partial charge in [0.05, 0.1) is 6.54 Å². The van der Waals surface area contributed by atoms with E-state index in [9.17, 15) is 4.79 Å². The molecule has 1 heterocycles. The predicted octanol–water partition coefficient (Wildman–Crippen LogP) is 1.47. The number of hydrogen-bond donors (Lipinski definition) is 2. The van der Waals surface area contributed by atoms with Crippen LogP contribution in [0.15, 0.2) is 24.3 Å². The van der Waals surface area contributed by atoms with Crippen molar-refractivity contribution < 1.29 is 4.79 Å². The lowest BCUT2D eigenvalue weighted by Crippen LogP contribution is -2.33. The Balaban J connectivity index is 1.87. The number of amides is 1. The van der Waals surface area contributed by atoms with Crippen LogP contribution < -0.4 is 11.1 Å². The summed E-state index contributed by atoms with van der Waals surface area (Å²) in [5.74, 6) is 0.505. The van der Waals surface area contributed by atoms with E-state index in [1.54, 1.807) is 0 Å². The zero-order chi connectivity index (χ0) is 13.8. The van der Waals surface area contributed by atoms with Crippen molar-refractivity contribution in [1.29, 1.82) is 0 Å². The fraction of sp³-hybridized carbons (Fsp3) is 0.533. The number of nitrogens with zero attached hydrogens (tertiary/aromatic N) is 1. The average molecular weight is 261 g/mol. The van der Waals surface area contributed by atoms with E-state index in [2.05, 4.69) is 30.1 Å². The number of nitrogens with one attached hydrogen (secondary N) is 1. The summed E-state index contributed by atoms with van der Waals surface area (Å²) in [7, 11) is 0. The van der Waals surface area contributed by atoms with Gasteiger partial charge in [0, 0.05) is 24.8 Å². The van der Waals surface area contributed by atoms with Gasteiger partial charge in [-0.05, 0) is 30.0 Å². The van der Waals surface area contributed by atoms with Crippen molar-refractivity contribution in [2.75, 3.05) is 25.0 Å². The van der Waals surface area contributed by atoms with Gasteiger partial charge in [-0.15, -0.1) is 0 Å². The normalized spacial score (nSPS) is 23.5. The van der Waals surface area contributed by atoms with Crippen LogP contribution >= 0.6 is 0 Å². The Hall–Kier alpha value is -1.39. The quantitative estimate of drug-likeness (QED) is 0.863. The highest BCUT2D eigenvalue weighted by molar-refractivity contribution is 5.92. The molecule has 1 aliphatic rings. The second-order valence-electron chi connectivity index (χ2n) is 5.44. The first-order chi connectivity index (χ1) is 9.08. The lowest BCUT2D eigenvalue weighted by Gasteiger charge is -2.15. The van der Waals surface area contributed by atoms with Crippen LogP contribution in [-0.2, 0) is 11.2 Å². The summed E-state index contributed by atoms with van der Waals surface area (Å²) in [6.07, 6.45) is 0.974. The Morgan fingerprint density at radius 1 is 1.47 bits per heavy atom. The third-order valence-electron chi connectivity index (χ3n) is 3.73. The molecule has 2 unspecified atom stereocenters. The van der Waals surface area contributed by atoms with Gasteiger partial charge in [-0.2, -0.15) is 0 Å². The first-order valence-corrected chi connectivity index (χ1v) is 6.95. The molecule has 0 aliphatic carbocycles. The molecule has 4 heteroatoms. The van der Waals surface area contributed by atoms with E-state index in [4.69, 9.17) is 5.73 Å². The Morgan fingerprint density at radius 3 is 2.89 bits per heavy atom. The molecule has 0 bridgehead atoms. The highest BCUT2D eigenvalue weighted by Crippen LogP contribution is 2.15. The Bertz CT molecular complexity index is 437. The molecule has 19 heavy (non-hydrogen) atoms. The summed E-state index contributed by atoms with van der Waals surface area (Å²) in [5, 5.41) is 2.95. The zero-order valence-corrected chi connectivity index (χ0v) is 11.7. The summed E-state index contributed by atoms with van der Waals surface area (Å²) in [5.41, 5.74) is 8.07. The summed E-state index contributed by atoms with van der Waals surface area (Å²) in [4.78, 5) is 14.1. The molecule has 0 radical (unpaired) electrons. The second-order valence-corrected chi connectivity index (χ2v) is 5.44. The summed E-state index contributed by atoms with van der Waals surface area (Å²) in [6, 6.07) is 8.18. The van der Waals surface area contributed by atoms with Crippen molar-refractivity contribution in [1.82, 2.24) is 4.90 Å². The topological polar surface area (TPSA) is 58.4 Å². The Labute approximate surface area is 115 Å².